The maximum atomic E-state index is 12.5. The minimum atomic E-state index is -0.372. The fraction of sp³-hybridized carbons (Fsp3) is 0.429. The molecular formula is C28H33ClO4S. The number of unbranched alkanes of at least 4 members (excludes halogenated alkanes) is 5. The van der Waals surface area contributed by atoms with Gasteiger partial charge in [0, 0.05) is 17.5 Å². The van der Waals surface area contributed by atoms with Crippen LogP contribution in [0.4, 0.5) is 0 Å². The summed E-state index contributed by atoms with van der Waals surface area (Å²) in [5, 5.41) is 0.662. The molecule has 0 saturated carbocycles. The van der Waals surface area contributed by atoms with Crippen molar-refractivity contribution in [2.24, 2.45) is 0 Å². The molecule has 0 bridgehead atoms. The molecule has 0 aromatic heterocycles. The number of hydrogen-bond acceptors (Lipinski definition) is 5. The van der Waals surface area contributed by atoms with Gasteiger partial charge in [-0.2, -0.15) is 0 Å². The predicted molar refractivity (Wildman–Crippen MR) is 140 cm³/mol. The molecule has 0 spiro atoms. The van der Waals surface area contributed by atoms with Gasteiger partial charge in [-0.25, -0.2) is 0 Å². The predicted octanol–water partition coefficient (Wildman–Crippen LogP) is 7.93. The Kier molecular flexibility index (Phi) is 10.1. The number of benzene rings is 2. The van der Waals surface area contributed by atoms with E-state index in [2.05, 4.69) is 6.92 Å². The first-order chi connectivity index (χ1) is 16.4. The fourth-order valence-corrected chi connectivity index (χ4v) is 5.12. The Morgan fingerprint density at radius 2 is 1.56 bits per heavy atom. The number of ketones is 1. The van der Waals surface area contributed by atoms with Crippen LogP contribution in [0, 0.1) is 0 Å². The Hall–Kier alpha value is -2.24. The van der Waals surface area contributed by atoms with E-state index in [4.69, 9.17) is 21.1 Å². The van der Waals surface area contributed by atoms with E-state index < -0.39 is 0 Å². The third-order valence-corrected chi connectivity index (χ3v) is 7.29. The van der Waals surface area contributed by atoms with Crippen LogP contribution in [0.25, 0.3) is 0 Å². The van der Waals surface area contributed by atoms with Crippen LogP contribution in [0.3, 0.4) is 0 Å². The van der Waals surface area contributed by atoms with Gasteiger partial charge in [0.25, 0.3) is 0 Å². The highest BCUT2D eigenvalue weighted by Gasteiger charge is 2.39. The molecule has 0 saturated heterocycles. The molecule has 4 nitrogen and oxygen atoms in total. The molecule has 0 amide bonds. The minimum absolute atomic E-state index is 0.00667. The van der Waals surface area contributed by atoms with E-state index in [-0.39, 0.29) is 28.7 Å². The number of carbonyl (C=O) groups excluding carboxylic acids is 2. The average Bonchev–Trinajstić information content (AvgIpc) is 3.10. The highest BCUT2D eigenvalue weighted by atomic mass is 35.5. The monoisotopic (exact) mass is 500 g/mol. The lowest BCUT2D eigenvalue weighted by Crippen LogP contribution is -2.24. The second-order valence-electron chi connectivity index (χ2n) is 8.88. The third kappa shape index (κ3) is 8.21. The van der Waals surface area contributed by atoms with Crippen molar-refractivity contribution in [2.45, 2.75) is 70.0 Å². The summed E-state index contributed by atoms with van der Waals surface area (Å²) in [5.74, 6) is 1.99. The van der Waals surface area contributed by atoms with Gasteiger partial charge in [-0.1, -0.05) is 80.9 Å². The number of rotatable bonds is 14. The maximum Gasteiger partial charge on any atom is 0.216 e. The molecule has 3 rings (SSSR count). The molecule has 6 heteroatoms. The molecule has 1 unspecified atom stereocenters. The molecule has 1 atom stereocenters. The molecule has 0 radical (unpaired) electrons. The zero-order chi connectivity index (χ0) is 24.4. The average molecular weight is 501 g/mol. The van der Waals surface area contributed by atoms with Gasteiger partial charge in [-0.15, -0.1) is 0 Å². The van der Waals surface area contributed by atoms with Gasteiger partial charge in [-0.05, 0) is 55.3 Å². The molecule has 0 fully saturated rings. The van der Waals surface area contributed by atoms with Crippen LogP contribution >= 0.6 is 23.4 Å². The van der Waals surface area contributed by atoms with Gasteiger partial charge in [0.15, 0.2) is 5.78 Å². The standard InChI is InChI=1S/C28H33ClO4S/c1-3-4-5-6-7-8-17-28(2)26(19-27(31)34-28)32-20-23(30)18-21-9-13-24(14-10-21)33-25-15-11-22(29)12-16-25/h9-16,19H,3-8,17-18,20H2,1-2H3. The van der Waals surface area contributed by atoms with Crippen LogP contribution < -0.4 is 4.74 Å². The van der Waals surface area contributed by atoms with Crippen molar-refractivity contribution >= 4 is 34.3 Å². The quantitative estimate of drug-likeness (QED) is 0.246. The van der Waals surface area contributed by atoms with Crippen molar-refractivity contribution in [2.75, 3.05) is 6.61 Å². The second-order valence-corrected chi connectivity index (χ2v) is 10.8. The highest BCUT2D eigenvalue weighted by molar-refractivity contribution is 8.15. The van der Waals surface area contributed by atoms with Gasteiger partial charge in [-0.3, -0.25) is 9.59 Å². The van der Waals surface area contributed by atoms with E-state index in [1.165, 1.54) is 37.4 Å². The molecule has 1 heterocycles. The van der Waals surface area contributed by atoms with Crippen LogP contribution in [0.2, 0.25) is 5.02 Å². The van der Waals surface area contributed by atoms with Gasteiger partial charge in [0.1, 0.15) is 23.9 Å². The number of ether oxygens (including phenoxy) is 2. The molecule has 1 aliphatic heterocycles. The number of thioether (sulfide) groups is 1. The molecule has 2 aromatic rings. The fourth-order valence-electron chi connectivity index (χ4n) is 3.92. The van der Waals surface area contributed by atoms with E-state index in [0.29, 0.717) is 22.3 Å². The van der Waals surface area contributed by atoms with Crippen LogP contribution in [0.15, 0.2) is 60.4 Å². The lowest BCUT2D eigenvalue weighted by molar-refractivity contribution is -0.122. The van der Waals surface area contributed by atoms with Gasteiger partial charge < -0.3 is 9.47 Å². The van der Waals surface area contributed by atoms with Crippen molar-refractivity contribution in [3.8, 4) is 11.5 Å². The van der Waals surface area contributed by atoms with Gasteiger partial charge >= 0.3 is 0 Å². The normalized spacial score (nSPS) is 17.5. The van der Waals surface area contributed by atoms with Crippen molar-refractivity contribution in [1.82, 2.24) is 0 Å². The van der Waals surface area contributed by atoms with E-state index in [1.54, 1.807) is 30.3 Å². The summed E-state index contributed by atoms with van der Waals surface area (Å²) in [6.45, 7) is 4.23. The zero-order valence-corrected chi connectivity index (χ0v) is 21.6. The summed E-state index contributed by atoms with van der Waals surface area (Å²) in [4.78, 5) is 24.6. The molecule has 1 aliphatic rings. The first-order valence-corrected chi connectivity index (χ1v) is 13.2. The summed E-state index contributed by atoms with van der Waals surface area (Å²) in [5.41, 5.74) is 0.887. The third-order valence-electron chi connectivity index (χ3n) is 5.87. The van der Waals surface area contributed by atoms with Crippen LogP contribution in [0.1, 0.15) is 64.4 Å². The lowest BCUT2D eigenvalue weighted by atomic mass is 9.99. The van der Waals surface area contributed by atoms with E-state index in [9.17, 15) is 9.59 Å². The minimum Gasteiger partial charge on any atom is -0.489 e. The van der Waals surface area contributed by atoms with E-state index in [1.807, 2.05) is 31.2 Å². The zero-order valence-electron chi connectivity index (χ0n) is 20.0. The Morgan fingerprint density at radius 1 is 0.941 bits per heavy atom. The van der Waals surface area contributed by atoms with Crippen molar-refractivity contribution < 1.29 is 19.1 Å². The smallest absolute Gasteiger partial charge is 0.216 e. The first kappa shape index (κ1) is 26.4. The largest absolute Gasteiger partial charge is 0.489 e. The number of carbonyl (C=O) groups is 2. The summed E-state index contributed by atoms with van der Waals surface area (Å²) >= 11 is 7.21. The van der Waals surface area contributed by atoms with Crippen molar-refractivity contribution in [3.63, 3.8) is 0 Å². The lowest BCUT2D eigenvalue weighted by Gasteiger charge is -2.26. The molecule has 0 aliphatic carbocycles. The second kappa shape index (κ2) is 13.0. The SMILES string of the molecule is CCCCCCCCC1(C)SC(=O)C=C1OCC(=O)Cc1ccc(Oc2ccc(Cl)cc2)cc1. The van der Waals surface area contributed by atoms with Crippen LogP contribution in [-0.4, -0.2) is 22.3 Å². The Bertz CT molecular complexity index is 984. The summed E-state index contributed by atoms with van der Waals surface area (Å²) in [6, 6.07) is 14.6. The maximum absolute atomic E-state index is 12.5. The Balaban J connectivity index is 1.45. The van der Waals surface area contributed by atoms with Gasteiger partial charge in [0.2, 0.25) is 5.12 Å². The van der Waals surface area contributed by atoms with Crippen molar-refractivity contribution in [3.05, 3.63) is 71.0 Å². The molecular weight excluding hydrogens is 468 g/mol. The highest BCUT2D eigenvalue weighted by Crippen LogP contribution is 2.44. The number of Topliss-reactive ketones (excluding diaryl/α,β-unsaturated/α-hetero) is 1. The Morgan fingerprint density at radius 3 is 2.24 bits per heavy atom. The molecule has 34 heavy (non-hydrogen) atoms. The van der Waals surface area contributed by atoms with E-state index in [0.717, 1.165) is 24.8 Å². The summed E-state index contributed by atoms with van der Waals surface area (Å²) in [6.07, 6.45) is 9.92. The molecule has 182 valence electrons. The molecule has 0 N–H and O–H groups in total. The topological polar surface area (TPSA) is 52.6 Å². The van der Waals surface area contributed by atoms with Crippen LogP contribution in [0.5, 0.6) is 11.5 Å². The summed E-state index contributed by atoms with van der Waals surface area (Å²) < 4.78 is 11.3. The Labute approximate surface area is 212 Å². The summed E-state index contributed by atoms with van der Waals surface area (Å²) in [7, 11) is 0. The van der Waals surface area contributed by atoms with Crippen molar-refractivity contribution in [1.29, 1.82) is 0 Å². The molecule has 2 aromatic carbocycles. The first-order valence-electron chi connectivity index (χ1n) is 12.0. The number of halogens is 1. The number of hydrogen-bond donors (Lipinski definition) is 0. The van der Waals surface area contributed by atoms with Crippen LogP contribution in [-0.2, 0) is 20.7 Å². The van der Waals surface area contributed by atoms with E-state index >= 15 is 0 Å². The van der Waals surface area contributed by atoms with Gasteiger partial charge in [0.05, 0.1) is 4.75 Å².